The van der Waals surface area contributed by atoms with Crippen molar-refractivity contribution >= 4 is 5.69 Å². The van der Waals surface area contributed by atoms with Crippen molar-refractivity contribution in [3.63, 3.8) is 0 Å². The molecule has 0 aliphatic rings. The Morgan fingerprint density at radius 3 is 2.53 bits per heavy atom. The van der Waals surface area contributed by atoms with Crippen LogP contribution >= 0.6 is 0 Å². The highest BCUT2D eigenvalue weighted by Crippen LogP contribution is 2.25. The Bertz CT molecular complexity index is 490. The van der Waals surface area contributed by atoms with Crippen molar-refractivity contribution in [1.82, 2.24) is 4.98 Å². The summed E-state index contributed by atoms with van der Waals surface area (Å²) in [6.07, 6.45) is 3.69. The van der Waals surface area contributed by atoms with Crippen LogP contribution in [0.25, 0.3) is 11.1 Å². The lowest BCUT2D eigenvalue weighted by Crippen LogP contribution is -1.90. The van der Waals surface area contributed by atoms with Gasteiger partial charge in [-0.25, -0.2) is 0 Å². The van der Waals surface area contributed by atoms with E-state index >= 15 is 0 Å². The summed E-state index contributed by atoms with van der Waals surface area (Å²) in [5.74, 6) is 0. The van der Waals surface area contributed by atoms with Gasteiger partial charge in [-0.2, -0.15) is 0 Å². The minimum Gasteiger partial charge on any atom is -0.399 e. The molecule has 1 heterocycles. The molecule has 0 fully saturated rings. The summed E-state index contributed by atoms with van der Waals surface area (Å²) < 4.78 is 0. The molecule has 0 radical (unpaired) electrons. The molecule has 2 rings (SSSR count). The van der Waals surface area contributed by atoms with Crippen LogP contribution in [-0.2, 0) is 0 Å². The molecule has 2 N–H and O–H groups in total. The van der Waals surface area contributed by atoms with Gasteiger partial charge in [-0.15, -0.1) is 0 Å². The number of nitrogens with two attached hydrogens (primary N) is 1. The Morgan fingerprint density at radius 2 is 1.87 bits per heavy atom. The molecule has 0 spiro atoms. The highest BCUT2D eigenvalue weighted by molar-refractivity contribution is 5.69. The first-order valence-corrected chi connectivity index (χ1v) is 4.95. The van der Waals surface area contributed by atoms with E-state index in [0.29, 0.717) is 0 Å². The number of hydrogen-bond donors (Lipinski definition) is 1. The molecule has 2 aromatic rings. The molecule has 0 aliphatic carbocycles. The first-order valence-electron chi connectivity index (χ1n) is 4.95. The van der Waals surface area contributed by atoms with E-state index in [-0.39, 0.29) is 0 Å². The van der Waals surface area contributed by atoms with Crippen molar-refractivity contribution in [2.75, 3.05) is 5.73 Å². The van der Waals surface area contributed by atoms with Crippen molar-refractivity contribution in [3.05, 3.63) is 47.8 Å². The summed E-state index contributed by atoms with van der Waals surface area (Å²) in [7, 11) is 0. The SMILES string of the molecule is Cc1cc(-c2ccncc2C)ccc1N. The molecule has 2 nitrogen and oxygen atoms in total. The predicted octanol–water partition coefficient (Wildman–Crippen LogP) is 2.95. The number of hydrogen-bond acceptors (Lipinski definition) is 2. The van der Waals surface area contributed by atoms with Gasteiger partial charge < -0.3 is 5.73 Å². The number of rotatable bonds is 1. The van der Waals surface area contributed by atoms with Gasteiger partial charge in [-0.3, -0.25) is 4.98 Å². The Balaban J connectivity index is 2.55. The molecule has 1 aromatic carbocycles. The van der Waals surface area contributed by atoms with Gasteiger partial charge in [-0.05, 0) is 54.3 Å². The molecule has 76 valence electrons. The maximum absolute atomic E-state index is 5.79. The fourth-order valence-corrected chi connectivity index (χ4v) is 1.64. The third kappa shape index (κ3) is 1.84. The van der Waals surface area contributed by atoms with Gasteiger partial charge in [0.25, 0.3) is 0 Å². The van der Waals surface area contributed by atoms with E-state index in [1.54, 1.807) is 0 Å². The molecular weight excluding hydrogens is 184 g/mol. The number of anilines is 1. The zero-order chi connectivity index (χ0) is 10.8. The molecule has 2 heteroatoms. The molecule has 0 amide bonds. The lowest BCUT2D eigenvalue weighted by Gasteiger charge is -2.07. The summed E-state index contributed by atoms with van der Waals surface area (Å²) in [5.41, 5.74) is 11.3. The average Bonchev–Trinajstić information content (AvgIpc) is 2.23. The summed E-state index contributed by atoms with van der Waals surface area (Å²) in [4.78, 5) is 4.09. The summed E-state index contributed by atoms with van der Waals surface area (Å²) in [6.45, 7) is 4.09. The van der Waals surface area contributed by atoms with Crippen LogP contribution in [0.5, 0.6) is 0 Å². The van der Waals surface area contributed by atoms with Gasteiger partial charge in [0.15, 0.2) is 0 Å². The number of nitrogens with zero attached hydrogens (tertiary/aromatic N) is 1. The van der Waals surface area contributed by atoms with E-state index in [4.69, 9.17) is 5.73 Å². The van der Waals surface area contributed by atoms with Crippen molar-refractivity contribution in [2.45, 2.75) is 13.8 Å². The smallest absolute Gasteiger partial charge is 0.0344 e. The number of pyridine rings is 1. The van der Waals surface area contributed by atoms with Crippen LogP contribution in [0.15, 0.2) is 36.7 Å². The van der Waals surface area contributed by atoms with Crippen LogP contribution in [0.4, 0.5) is 5.69 Å². The molecule has 1 aromatic heterocycles. The Labute approximate surface area is 89.8 Å². The van der Waals surface area contributed by atoms with Gasteiger partial charge in [-0.1, -0.05) is 6.07 Å². The second kappa shape index (κ2) is 3.73. The number of aromatic nitrogens is 1. The second-order valence-electron chi connectivity index (χ2n) is 3.76. The van der Waals surface area contributed by atoms with Crippen molar-refractivity contribution in [3.8, 4) is 11.1 Å². The third-order valence-electron chi connectivity index (χ3n) is 2.60. The minimum atomic E-state index is 0.838. The summed E-state index contributed by atoms with van der Waals surface area (Å²) in [5, 5.41) is 0. The van der Waals surface area contributed by atoms with Crippen LogP contribution in [0.1, 0.15) is 11.1 Å². The van der Waals surface area contributed by atoms with Gasteiger partial charge in [0.05, 0.1) is 0 Å². The molecule has 0 bridgehead atoms. The van der Waals surface area contributed by atoms with Crippen molar-refractivity contribution in [2.24, 2.45) is 0 Å². The Morgan fingerprint density at radius 1 is 1.07 bits per heavy atom. The van der Waals surface area contributed by atoms with E-state index < -0.39 is 0 Å². The summed E-state index contributed by atoms with van der Waals surface area (Å²) >= 11 is 0. The normalized spacial score (nSPS) is 10.3. The number of benzene rings is 1. The quantitative estimate of drug-likeness (QED) is 0.715. The van der Waals surface area contributed by atoms with Crippen molar-refractivity contribution in [1.29, 1.82) is 0 Å². The Hall–Kier alpha value is -1.83. The first-order chi connectivity index (χ1) is 7.18. The van der Waals surface area contributed by atoms with E-state index in [0.717, 1.165) is 11.3 Å². The molecule has 0 unspecified atom stereocenters. The predicted molar refractivity (Wildman–Crippen MR) is 63.6 cm³/mol. The van der Waals surface area contributed by atoms with Crippen LogP contribution in [0.2, 0.25) is 0 Å². The molecule has 0 aliphatic heterocycles. The van der Waals surface area contributed by atoms with Gasteiger partial charge >= 0.3 is 0 Å². The van der Waals surface area contributed by atoms with E-state index in [2.05, 4.69) is 18.0 Å². The zero-order valence-electron chi connectivity index (χ0n) is 8.99. The maximum Gasteiger partial charge on any atom is 0.0344 e. The van der Waals surface area contributed by atoms with Gasteiger partial charge in [0, 0.05) is 18.1 Å². The third-order valence-corrected chi connectivity index (χ3v) is 2.60. The Kier molecular flexibility index (Phi) is 2.42. The maximum atomic E-state index is 5.79. The standard InChI is InChI=1S/C13H14N2/c1-9-7-11(3-4-13(9)14)12-5-6-15-8-10(12)2/h3-8H,14H2,1-2H3. The zero-order valence-corrected chi connectivity index (χ0v) is 8.99. The summed E-state index contributed by atoms with van der Waals surface area (Å²) in [6, 6.07) is 8.13. The fraction of sp³-hybridized carbons (Fsp3) is 0.154. The molecule has 0 atom stereocenters. The van der Waals surface area contributed by atoms with Gasteiger partial charge in [0.2, 0.25) is 0 Å². The first kappa shape index (κ1) is 9.71. The lowest BCUT2D eigenvalue weighted by molar-refractivity contribution is 1.27. The van der Waals surface area contributed by atoms with Crippen LogP contribution in [0.3, 0.4) is 0 Å². The van der Waals surface area contributed by atoms with Crippen LogP contribution in [0, 0.1) is 13.8 Å². The number of aryl methyl sites for hydroxylation is 2. The van der Waals surface area contributed by atoms with Crippen LogP contribution in [-0.4, -0.2) is 4.98 Å². The molecule has 15 heavy (non-hydrogen) atoms. The van der Waals surface area contributed by atoms with Crippen molar-refractivity contribution < 1.29 is 0 Å². The second-order valence-corrected chi connectivity index (χ2v) is 3.76. The monoisotopic (exact) mass is 198 g/mol. The van der Waals surface area contributed by atoms with E-state index in [1.807, 2.05) is 37.5 Å². The van der Waals surface area contributed by atoms with Crippen LogP contribution < -0.4 is 5.73 Å². The topological polar surface area (TPSA) is 38.9 Å². The van der Waals surface area contributed by atoms with E-state index in [1.165, 1.54) is 16.7 Å². The highest BCUT2D eigenvalue weighted by Gasteiger charge is 2.02. The van der Waals surface area contributed by atoms with E-state index in [9.17, 15) is 0 Å². The molecule has 0 saturated heterocycles. The fourth-order valence-electron chi connectivity index (χ4n) is 1.64. The molecule has 0 saturated carbocycles. The minimum absolute atomic E-state index is 0.838. The number of nitrogen functional groups attached to an aromatic ring is 1. The lowest BCUT2D eigenvalue weighted by atomic mass is 10.0. The van der Waals surface area contributed by atoms with Gasteiger partial charge in [0.1, 0.15) is 0 Å². The highest BCUT2D eigenvalue weighted by atomic mass is 14.6. The largest absolute Gasteiger partial charge is 0.399 e. The average molecular weight is 198 g/mol. The molecular formula is C13H14N2.